The zero-order chi connectivity index (χ0) is 22.5. The number of nitrogens with zero attached hydrogens (tertiary/aromatic N) is 4. The third-order valence-corrected chi connectivity index (χ3v) is 5.28. The highest BCUT2D eigenvalue weighted by atomic mass is 35.5. The summed E-state index contributed by atoms with van der Waals surface area (Å²) in [5, 5.41) is 18.3. The molecule has 0 saturated carbocycles. The molecule has 0 spiro atoms. The molecule has 7 nitrogen and oxygen atoms in total. The van der Waals surface area contributed by atoms with E-state index < -0.39 is 11.9 Å². The second kappa shape index (κ2) is 7.39. The standard InChI is InChI=1S/C22H21ClFN5O2/c1-22(2,3)19-14-10-25-18(27-16-6-5-13(24)7-15(16)23)8-17(14)29(21(30)31)20(19)12-9-26-28(4)11-12/h5-11H,1-4H3,(H,25,27)(H,30,31). The van der Waals surface area contributed by atoms with Crippen molar-refractivity contribution in [3.63, 3.8) is 0 Å². The highest BCUT2D eigenvalue weighted by molar-refractivity contribution is 6.33. The molecule has 9 heteroatoms. The normalized spacial score (nSPS) is 11.8. The molecule has 4 rings (SSSR count). The van der Waals surface area contributed by atoms with Crippen LogP contribution in [0.3, 0.4) is 0 Å². The van der Waals surface area contributed by atoms with E-state index in [0.717, 1.165) is 10.9 Å². The van der Waals surface area contributed by atoms with E-state index >= 15 is 0 Å². The molecule has 0 bridgehead atoms. The number of rotatable bonds is 3. The Morgan fingerprint density at radius 1 is 1.23 bits per heavy atom. The molecule has 4 aromatic rings. The van der Waals surface area contributed by atoms with Crippen molar-refractivity contribution in [2.24, 2.45) is 7.05 Å². The van der Waals surface area contributed by atoms with E-state index in [0.29, 0.717) is 28.3 Å². The van der Waals surface area contributed by atoms with Gasteiger partial charge in [0.05, 0.1) is 28.1 Å². The molecule has 1 aromatic carbocycles. The predicted octanol–water partition coefficient (Wildman–Crippen LogP) is 5.80. The first-order chi connectivity index (χ1) is 14.6. The summed E-state index contributed by atoms with van der Waals surface area (Å²) in [7, 11) is 1.78. The van der Waals surface area contributed by atoms with Gasteiger partial charge in [-0.1, -0.05) is 32.4 Å². The SMILES string of the molecule is Cn1cc(-c2c(C(C)(C)C)c3cnc(Nc4ccc(F)cc4Cl)cc3n2C(=O)O)cn1. The minimum Gasteiger partial charge on any atom is -0.464 e. The van der Waals surface area contributed by atoms with Crippen LogP contribution in [0.4, 0.5) is 20.7 Å². The van der Waals surface area contributed by atoms with Crippen LogP contribution >= 0.6 is 11.6 Å². The van der Waals surface area contributed by atoms with Crippen LogP contribution in [-0.2, 0) is 12.5 Å². The zero-order valence-corrected chi connectivity index (χ0v) is 18.2. The molecule has 0 saturated heterocycles. The van der Waals surface area contributed by atoms with Gasteiger partial charge in [-0.15, -0.1) is 0 Å². The highest BCUT2D eigenvalue weighted by Crippen LogP contribution is 2.41. The molecule has 3 aromatic heterocycles. The Morgan fingerprint density at radius 2 is 1.97 bits per heavy atom. The second-order valence-corrected chi connectivity index (χ2v) is 8.74. The lowest BCUT2D eigenvalue weighted by molar-refractivity contribution is 0.198. The van der Waals surface area contributed by atoms with E-state index in [9.17, 15) is 14.3 Å². The Hall–Kier alpha value is -3.39. The number of pyridine rings is 1. The van der Waals surface area contributed by atoms with Gasteiger partial charge in [0, 0.05) is 36.5 Å². The molecule has 0 unspecified atom stereocenters. The number of hydrogen-bond donors (Lipinski definition) is 2. The van der Waals surface area contributed by atoms with Crippen molar-refractivity contribution in [1.82, 2.24) is 19.3 Å². The van der Waals surface area contributed by atoms with Gasteiger partial charge < -0.3 is 10.4 Å². The Bertz CT molecular complexity index is 1320. The molecule has 0 amide bonds. The average Bonchev–Trinajstić information content (AvgIpc) is 3.24. The highest BCUT2D eigenvalue weighted by Gasteiger charge is 2.30. The Labute approximate surface area is 183 Å². The molecular weight excluding hydrogens is 421 g/mol. The van der Waals surface area contributed by atoms with Crippen LogP contribution in [-0.4, -0.2) is 30.5 Å². The lowest BCUT2D eigenvalue weighted by Gasteiger charge is -2.20. The van der Waals surface area contributed by atoms with Crippen LogP contribution in [0.25, 0.3) is 22.2 Å². The van der Waals surface area contributed by atoms with Crippen molar-refractivity contribution in [2.45, 2.75) is 26.2 Å². The summed E-state index contributed by atoms with van der Waals surface area (Å²) >= 11 is 6.11. The number of nitrogens with one attached hydrogen (secondary N) is 1. The van der Waals surface area contributed by atoms with E-state index in [1.54, 1.807) is 36.4 Å². The third-order valence-electron chi connectivity index (χ3n) is 4.97. The van der Waals surface area contributed by atoms with Gasteiger partial charge in [0.2, 0.25) is 0 Å². The number of fused-ring (bicyclic) bond motifs is 1. The fraction of sp³-hybridized carbons (Fsp3) is 0.227. The summed E-state index contributed by atoms with van der Waals surface area (Å²) in [6.07, 6.45) is 3.97. The van der Waals surface area contributed by atoms with Gasteiger partial charge in [-0.25, -0.2) is 18.7 Å². The maximum absolute atomic E-state index is 13.4. The van der Waals surface area contributed by atoms with Crippen LogP contribution in [0.1, 0.15) is 26.3 Å². The quantitative estimate of drug-likeness (QED) is 0.420. The van der Waals surface area contributed by atoms with Crippen molar-refractivity contribution >= 4 is 40.1 Å². The smallest absolute Gasteiger partial charge is 0.416 e. The molecular formula is C22H21ClFN5O2. The summed E-state index contributed by atoms with van der Waals surface area (Å²) in [5.41, 5.74) is 2.70. The number of halogens is 2. The number of aryl methyl sites for hydroxylation is 1. The Morgan fingerprint density at radius 3 is 2.55 bits per heavy atom. The fourth-order valence-electron chi connectivity index (χ4n) is 3.75. The molecule has 2 N–H and O–H groups in total. The van der Waals surface area contributed by atoms with Gasteiger partial charge in [0.1, 0.15) is 11.6 Å². The van der Waals surface area contributed by atoms with Crippen molar-refractivity contribution in [2.75, 3.05) is 5.32 Å². The molecule has 3 heterocycles. The van der Waals surface area contributed by atoms with Gasteiger partial charge in [0.15, 0.2) is 0 Å². The molecule has 0 radical (unpaired) electrons. The zero-order valence-electron chi connectivity index (χ0n) is 17.4. The number of hydrogen-bond acceptors (Lipinski definition) is 4. The molecule has 0 aliphatic heterocycles. The van der Waals surface area contributed by atoms with Crippen molar-refractivity contribution in [3.05, 3.63) is 59.3 Å². The van der Waals surface area contributed by atoms with Gasteiger partial charge in [0.25, 0.3) is 0 Å². The summed E-state index contributed by atoms with van der Waals surface area (Å²) in [6.45, 7) is 6.08. The maximum Gasteiger partial charge on any atom is 0.416 e. The van der Waals surface area contributed by atoms with Gasteiger partial charge in [-0.05, 0) is 29.2 Å². The van der Waals surface area contributed by atoms with Gasteiger partial charge in [-0.3, -0.25) is 4.68 Å². The van der Waals surface area contributed by atoms with E-state index in [2.05, 4.69) is 15.4 Å². The number of aromatic nitrogens is 4. The summed E-state index contributed by atoms with van der Waals surface area (Å²) in [6, 6.07) is 5.63. The third kappa shape index (κ3) is 3.74. The van der Waals surface area contributed by atoms with Gasteiger partial charge >= 0.3 is 6.09 Å². The Kier molecular flexibility index (Phi) is 4.97. The maximum atomic E-state index is 13.4. The van der Waals surface area contributed by atoms with Crippen LogP contribution in [0.2, 0.25) is 5.02 Å². The lowest BCUT2D eigenvalue weighted by atomic mass is 9.84. The van der Waals surface area contributed by atoms with Crippen molar-refractivity contribution in [1.29, 1.82) is 0 Å². The number of benzene rings is 1. The van der Waals surface area contributed by atoms with Crippen LogP contribution in [0.5, 0.6) is 0 Å². The first-order valence-electron chi connectivity index (χ1n) is 9.55. The monoisotopic (exact) mass is 441 g/mol. The Balaban J connectivity index is 1.97. The minimum atomic E-state index is -1.11. The number of anilines is 2. The minimum absolute atomic E-state index is 0.196. The molecule has 0 aliphatic carbocycles. The van der Waals surface area contributed by atoms with Gasteiger partial charge in [-0.2, -0.15) is 5.10 Å². The molecule has 0 aliphatic rings. The van der Waals surface area contributed by atoms with Crippen molar-refractivity contribution < 1.29 is 14.3 Å². The number of carboxylic acid groups (broad SMARTS) is 1. The van der Waals surface area contributed by atoms with E-state index in [-0.39, 0.29) is 10.4 Å². The van der Waals surface area contributed by atoms with Crippen LogP contribution in [0.15, 0.2) is 42.9 Å². The van der Waals surface area contributed by atoms with Crippen LogP contribution in [0, 0.1) is 5.82 Å². The molecule has 0 atom stereocenters. The predicted molar refractivity (Wildman–Crippen MR) is 119 cm³/mol. The topological polar surface area (TPSA) is 85.0 Å². The summed E-state index contributed by atoms with van der Waals surface area (Å²) in [4.78, 5) is 16.8. The molecule has 31 heavy (non-hydrogen) atoms. The molecule has 160 valence electrons. The first-order valence-corrected chi connectivity index (χ1v) is 9.93. The van der Waals surface area contributed by atoms with Crippen molar-refractivity contribution in [3.8, 4) is 11.3 Å². The van der Waals surface area contributed by atoms with E-state index in [1.807, 2.05) is 20.8 Å². The first kappa shape index (κ1) is 20.9. The van der Waals surface area contributed by atoms with Crippen LogP contribution < -0.4 is 5.32 Å². The molecule has 0 fully saturated rings. The second-order valence-electron chi connectivity index (χ2n) is 8.33. The average molecular weight is 442 g/mol. The summed E-state index contributed by atoms with van der Waals surface area (Å²) in [5.74, 6) is -0.0612. The lowest BCUT2D eigenvalue weighted by Crippen LogP contribution is -2.15. The van der Waals surface area contributed by atoms with E-state index in [1.165, 1.54) is 22.8 Å². The fourth-order valence-corrected chi connectivity index (χ4v) is 3.97. The summed E-state index contributed by atoms with van der Waals surface area (Å²) < 4.78 is 16.2. The largest absolute Gasteiger partial charge is 0.464 e. The number of carbonyl (C=O) groups is 1. The van der Waals surface area contributed by atoms with E-state index in [4.69, 9.17) is 11.6 Å².